The molecule has 6 heteroatoms. The maximum atomic E-state index is 12.1. The number of sulfonamides is 1. The molecule has 0 radical (unpaired) electrons. The topological polar surface area (TPSA) is 58.2 Å². The second kappa shape index (κ2) is 7.89. The van der Waals surface area contributed by atoms with Crippen LogP contribution in [-0.4, -0.2) is 33.0 Å². The SMILES string of the molecule is CCSCC(C)NS(=O)(=O)c1ccc(CNC)cc1. The third-order valence-electron chi connectivity index (χ3n) is 2.54. The highest BCUT2D eigenvalue weighted by atomic mass is 32.2. The van der Waals surface area contributed by atoms with E-state index in [-0.39, 0.29) is 6.04 Å². The van der Waals surface area contributed by atoms with Gasteiger partial charge in [0.1, 0.15) is 0 Å². The molecule has 1 unspecified atom stereocenters. The van der Waals surface area contributed by atoms with Crippen LogP contribution >= 0.6 is 11.8 Å². The van der Waals surface area contributed by atoms with Crippen LogP contribution in [0.4, 0.5) is 0 Å². The molecule has 1 aromatic rings. The molecule has 19 heavy (non-hydrogen) atoms. The van der Waals surface area contributed by atoms with Gasteiger partial charge in [-0.15, -0.1) is 0 Å². The molecule has 0 aliphatic rings. The van der Waals surface area contributed by atoms with Gasteiger partial charge < -0.3 is 5.32 Å². The van der Waals surface area contributed by atoms with Gasteiger partial charge in [-0.3, -0.25) is 0 Å². The first-order valence-corrected chi connectivity index (χ1v) is 8.97. The lowest BCUT2D eigenvalue weighted by Crippen LogP contribution is -2.34. The van der Waals surface area contributed by atoms with Crippen molar-refractivity contribution < 1.29 is 8.42 Å². The number of nitrogens with one attached hydrogen (secondary N) is 2. The minimum absolute atomic E-state index is 0.0630. The molecule has 2 N–H and O–H groups in total. The van der Waals surface area contributed by atoms with E-state index in [2.05, 4.69) is 17.0 Å². The fourth-order valence-electron chi connectivity index (χ4n) is 1.65. The molecule has 0 spiro atoms. The van der Waals surface area contributed by atoms with Crippen molar-refractivity contribution in [2.75, 3.05) is 18.6 Å². The Balaban J connectivity index is 2.71. The fraction of sp³-hybridized carbons (Fsp3) is 0.538. The van der Waals surface area contributed by atoms with E-state index in [1.807, 2.05) is 26.1 Å². The van der Waals surface area contributed by atoms with Crippen LogP contribution < -0.4 is 10.0 Å². The molecule has 0 aliphatic carbocycles. The van der Waals surface area contributed by atoms with Gasteiger partial charge in [-0.05, 0) is 37.4 Å². The van der Waals surface area contributed by atoms with Crippen molar-refractivity contribution in [1.82, 2.24) is 10.0 Å². The van der Waals surface area contributed by atoms with Crippen LogP contribution in [0.1, 0.15) is 19.4 Å². The average molecular weight is 302 g/mol. The van der Waals surface area contributed by atoms with Crippen molar-refractivity contribution in [2.24, 2.45) is 0 Å². The summed E-state index contributed by atoms with van der Waals surface area (Å²) in [6.45, 7) is 4.68. The number of benzene rings is 1. The van der Waals surface area contributed by atoms with E-state index >= 15 is 0 Å². The van der Waals surface area contributed by atoms with E-state index in [9.17, 15) is 8.42 Å². The number of hydrogen-bond acceptors (Lipinski definition) is 4. The van der Waals surface area contributed by atoms with Crippen LogP contribution in [0.25, 0.3) is 0 Å². The van der Waals surface area contributed by atoms with E-state index in [4.69, 9.17) is 0 Å². The smallest absolute Gasteiger partial charge is 0.240 e. The molecule has 108 valence electrons. The summed E-state index contributed by atoms with van der Waals surface area (Å²) in [4.78, 5) is 0.320. The maximum Gasteiger partial charge on any atom is 0.240 e. The zero-order valence-corrected chi connectivity index (χ0v) is 13.3. The van der Waals surface area contributed by atoms with Gasteiger partial charge in [0.15, 0.2) is 0 Å². The summed E-state index contributed by atoms with van der Waals surface area (Å²) >= 11 is 1.73. The molecule has 0 saturated heterocycles. The fourth-order valence-corrected chi connectivity index (χ4v) is 3.67. The van der Waals surface area contributed by atoms with Crippen molar-refractivity contribution in [2.45, 2.75) is 31.3 Å². The molecule has 0 aliphatic heterocycles. The van der Waals surface area contributed by atoms with Gasteiger partial charge in [0.2, 0.25) is 10.0 Å². The summed E-state index contributed by atoms with van der Waals surface area (Å²) in [5.41, 5.74) is 1.07. The molecule has 1 rings (SSSR count). The molecule has 0 saturated carbocycles. The van der Waals surface area contributed by atoms with Gasteiger partial charge in [0.05, 0.1) is 4.90 Å². The van der Waals surface area contributed by atoms with Crippen LogP contribution in [0.3, 0.4) is 0 Å². The summed E-state index contributed by atoms with van der Waals surface area (Å²) in [6, 6.07) is 6.89. The van der Waals surface area contributed by atoms with E-state index in [1.165, 1.54) is 0 Å². The Kier molecular flexibility index (Phi) is 6.85. The van der Waals surface area contributed by atoms with Crippen molar-refractivity contribution in [1.29, 1.82) is 0 Å². The number of rotatable bonds is 8. The zero-order valence-electron chi connectivity index (χ0n) is 11.6. The highest BCUT2D eigenvalue weighted by Crippen LogP contribution is 2.12. The zero-order chi connectivity index (χ0) is 14.3. The Bertz CT molecular complexity index is 472. The minimum Gasteiger partial charge on any atom is -0.316 e. The third kappa shape index (κ3) is 5.52. The largest absolute Gasteiger partial charge is 0.316 e. The first kappa shape index (κ1) is 16.5. The van der Waals surface area contributed by atoms with Gasteiger partial charge >= 0.3 is 0 Å². The lowest BCUT2D eigenvalue weighted by molar-refractivity contribution is 0.571. The average Bonchev–Trinajstić information content (AvgIpc) is 2.37. The van der Waals surface area contributed by atoms with Gasteiger partial charge in [-0.2, -0.15) is 11.8 Å². The normalized spacial score (nSPS) is 13.4. The molecular formula is C13H22N2O2S2. The molecular weight excluding hydrogens is 280 g/mol. The maximum absolute atomic E-state index is 12.1. The highest BCUT2D eigenvalue weighted by molar-refractivity contribution is 7.99. The summed E-state index contributed by atoms with van der Waals surface area (Å²) in [7, 11) is -1.54. The summed E-state index contributed by atoms with van der Waals surface area (Å²) < 4.78 is 27.0. The van der Waals surface area contributed by atoms with E-state index in [0.717, 1.165) is 23.6 Å². The molecule has 0 amide bonds. The van der Waals surface area contributed by atoms with Gasteiger partial charge in [0, 0.05) is 18.3 Å². The van der Waals surface area contributed by atoms with Crippen molar-refractivity contribution in [3.8, 4) is 0 Å². The lowest BCUT2D eigenvalue weighted by Gasteiger charge is -2.13. The summed E-state index contributed by atoms with van der Waals surface area (Å²) in [5.74, 6) is 1.78. The Morgan fingerprint density at radius 1 is 1.26 bits per heavy atom. The molecule has 1 atom stereocenters. The first-order valence-electron chi connectivity index (χ1n) is 6.33. The minimum atomic E-state index is -3.41. The molecule has 0 fully saturated rings. The molecule has 1 aromatic carbocycles. The Labute approximate surface area is 120 Å². The van der Waals surface area contributed by atoms with Crippen molar-refractivity contribution >= 4 is 21.8 Å². The van der Waals surface area contributed by atoms with Crippen LogP contribution in [0.5, 0.6) is 0 Å². The monoisotopic (exact) mass is 302 g/mol. The van der Waals surface area contributed by atoms with Crippen LogP contribution in [0.15, 0.2) is 29.2 Å². The second-order valence-corrected chi connectivity index (χ2v) is 7.39. The number of hydrogen-bond donors (Lipinski definition) is 2. The predicted octanol–water partition coefficient (Wildman–Crippen LogP) is 1.83. The molecule has 0 aromatic heterocycles. The summed E-state index contributed by atoms with van der Waals surface area (Å²) in [5, 5.41) is 3.03. The van der Waals surface area contributed by atoms with Crippen LogP contribution in [0.2, 0.25) is 0 Å². The predicted molar refractivity (Wildman–Crippen MR) is 82.0 cm³/mol. The Morgan fingerprint density at radius 3 is 2.42 bits per heavy atom. The van der Waals surface area contributed by atoms with E-state index in [1.54, 1.807) is 23.9 Å². The van der Waals surface area contributed by atoms with Crippen molar-refractivity contribution in [3.63, 3.8) is 0 Å². The van der Waals surface area contributed by atoms with Crippen molar-refractivity contribution in [3.05, 3.63) is 29.8 Å². The van der Waals surface area contributed by atoms with Gasteiger partial charge in [-0.1, -0.05) is 19.1 Å². The first-order chi connectivity index (χ1) is 8.99. The summed E-state index contributed by atoms with van der Waals surface area (Å²) in [6.07, 6.45) is 0. The number of thioether (sulfide) groups is 1. The van der Waals surface area contributed by atoms with Crippen LogP contribution in [0, 0.1) is 0 Å². The third-order valence-corrected chi connectivity index (χ3v) is 5.29. The molecule has 4 nitrogen and oxygen atoms in total. The lowest BCUT2D eigenvalue weighted by atomic mass is 10.2. The molecule has 0 heterocycles. The molecule has 0 bridgehead atoms. The van der Waals surface area contributed by atoms with Crippen LogP contribution in [-0.2, 0) is 16.6 Å². The Morgan fingerprint density at radius 2 is 1.89 bits per heavy atom. The van der Waals surface area contributed by atoms with E-state index in [0.29, 0.717) is 4.90 Å². The Hall–Kier alpha value is -0.560. The van der Waals surface area contributed by atoms with Gasteiger partial charge in [-0.25, -0.2) is 13.1 Å². The standard InChI is InChI=1S/C13H22N2O2S2/c1-4-18-10-11(2)15-19(16,17)13-7-5-12(6-8-13)9-14-3/h5-8,11,14-15H,4,9-10H2,1-3H3. The van der Waals surface area contributed by atoms with Gasteiger partial charge in [0.25, 0.3) is 0 Å². The quantitative estimate of drug-likeness (QED) is 0.769. The highest BCUT2D eigenvalue weighted by Gasteiger charge is 2.16. The second-order valence-electron chi connectivity index (χ2n) is 4.36. The van der Waals surface area contributed by atoms with E-state index < -0.39 is 10.0 Å².